The maximum Gasteiger partial charge on any atom is 0.151 e. The molecule has 0 unspecified atom stereocenters. The van der Waals surface area contributed by atoms with Crippen LogP contribution in [0.4, 0.5) is 0 Å². The van der Waals surface area contributed by atoms with E-state index in [1.165, 1.54) is 0 Å². The van der Waals surface area contributed by atoms with Crippen LogP contribution in [0.5, 0.6) is 5.75 Å². The normalized spacial score (nSPS) is 20.7. The SMILES string of the molecule is CCN(Cc1c(O)ccc2ccccc12)[C@@H]1CCS(=O)(=O)C1. The number of hydrogen-bond donors (Lipinski definition) is 1. The molecule has 1 N–H and O–H groups in total. The van der Waals surface area contributed by atoms with Gasteiger partial charge >= 0.3 is 0 Å². The van der Waals surface area contributed by atoms with Crippen molar-refractivity contribution in [3.05, 3.63) is 42.0 Å². The van der Waals surface area contributed by atoms with Crippen LogP contribution in [0, 0.1) is 0 Å². The van der Waals surface area contributed by atoms with E-state index in [4.69, 9.17) is 0 Å². The molecule has 3 rings (SSSR count). The predicted molar refractivity (Wildman–Crippen MR) is 88.8 cm³/mol. The monoisotopic (exact) mass is 319 g/mol. The van der Waals surface area contributed by atoms with Crippen molar-refractivity contribution in [1.29, 1.82) is 0 Å². The zero-order chi connectivity index (χ0) is 15.7. The first-order chi connectivity index (χ1) is 10.5. The van der Waals surface area contributed by atoms with Crippen LogP contribution in [-0.4, -0.2) is 42.5 Å². The van der Waals surface area contributed by atoms with E-state index >= 15 is 0 Å². The van der Waals surface area contributed by atoms with E-state index < -0.39 is 9.84 Å². The third-order valence-corrected chi connectivity index (χ3v) is 6.26. The highest BCUT2D eigenvalue weighted by atomic mass is 32.2. The number of rotatable bonds is 4. The summed E-state index contributed by atoms with van der Waals surface area (Å²) >= 11 is 0. The van der Waals surface area contributed by atoms with Gasteiger partial charge in [-0.3, -0.25) is 4.90 Å². The molecule has 0 radical (unpaired) electrons. The quantitative estimate of drug-likeness (QED) is 0.941. The average Bonchev–Trinajstić information content (AvgIpc) is 2.86. The molecule has 0 amide bonds. The van der Waals surface area contributed by atoms with Crippen molar-refractivity contribution in [2.45, 2.75) is 25.9 Å². The van der Waals surface area contributed by atoms with Crippen molar-refractivity contribution in [2.24, 2.45) is 0 Å². The van der Waals surface area contributed by atoms with Crippen LogP contribution in [0.3, 0.4) is 0 Å². The van der Waals surface area contributed by atoms with Crippen LogP contribution in [0.25, 0.3) is 10.8 Å². The lowest BCUT2D eigenvalue weighted by Crippen LogP contribution is -2.35. The number of phenols is 1. The van der Waals surface area contributed by atoms with Crippen molar-refractivity contribution in [2.75, 3.05) is 18.1 Å². The summed E-state index contributed by atoms with van der Waals surface area (Å²) in [5, 5.41) is 12.4. The van der Waals surface area contributed by atoms with E-state index in [1.807, 2.05) is 37.3 Å². The molecule has 22 heavy (non-hydrogen) atoms. The van der Waals surface area contributed by atoms with Crippen molar-refractivity contribution in [3.63, 3.8) is 0 Å². The molecule has 0 spiro atoms. The molecule has 0 aromatic heterocycles. The first-order valence-electron chi connectivity index (χ1n) is 7.64. The smallest absolute Gasteiger partial charge is 0.151 e. The zero-order valence-corrected chi connectivity index (χ0v) is 13.5. The molecule has 5 heteroatoms. The molecule has 1 atom stereocenters. The fourth-order valence-corrected chi connectivity index (χ4v) is 5.02. The first kappa shape index (κ1) is 15.3. The Morgan fingerprint density at radius 3 is 2.68 bits per heavy atom. The summed E-state index contributed by atoms with van der Waals surface area (Å²) in [6.45, 7) is 3.37. The molecule has 1 fully saturated rings. The number of benzene rings is 2. The average molecular weight is 319 g/mol. The second-order valence-electron chi connectivity index (χ2n) is 5.90. The van der Waals surface area contributed by atoms with Gasteiger partial charge in [0.25, 0.3) is 0 Å². The Labute approximate surface area is 131 Å². The number of aromatic hydroxyl groups is 1. The Balaban J connectivity index is 1.93. The van der Waals surface area contributed by atoms with E-state index in [0.29, 0.717) is 13.0 Å². The number of nitrogens with zero attached hydrogens (tertiary/aromatic N) is 1. The standard InChI is InChI=1S/C17H21NO3S/c1-2-18(14-9-10-22(20,21)12-14)11-16-15-6-4-3-5-13(15)7-8-17(16)19/h3-8,14,19H,2,9-12H2,1H3/t14-/m1/s1. The maximum atomic E-state index is 11.7. The third kappa shape index (κ3) is 2.96. The fourth-order valence-electron chi connectivity index (χ4n) is 3.26. The number of fused-ring (bicyclic) bond motifs is 1. The number of sulfone groups is 1. The molecule has 1 aliphatic heterocycles. The summed E-state index contributed by atoms with van der Waals surface area (Å²) < 4.78 is 23.4. The zero-order valence-electron chi connectivity index (χ0n) is 12.7. The lowest BCUT2D eigenvalue weighted by atomic mass is 10.0. The Hall–Kier alpha value is -1.59. The Bertz CT molecular complexity index is 786. The summed E-state index contributed by atoms with van der Waals surface area (Å²) in [4.78, 5) is 2.16. The lowest BCUT2D eigenvalue weighted by molar-refractivity contribution is 0.213. The van der Waals surface area contributed by atoms with Crippen LogP contribution >= 0.6 is 0 Å². The van der Waals surface area contributed by atoms with Crippen molar-refractivity contribution >= 4 is 20.6 Å². The van der Waals surface area contributed by atoms with Gasteiger partial charge in [-0.15, -0.1) is 0 Å². The Kier molecular flexibility index (Phi) is 4.10. The molecule has 1 saturated heterocycles. The first-order valence-corrected chi connectivity index (χ1v) is 9.46. The van der Waals surface area contributed by atoms with Gasteiger partial charge in [-0.1, -0.05) is 37.3 Å². The third-order valence-electron chi connectivity index (χ3n) is 4.51. The number of hydrogen-bond acceptors (Lipinski definition) is 4. The molecule has 1 heterocycles. The molecule has 0 aliphatic carbocycles. The minimum absolute atomic E-state index is 0.0494. The van der Waals surface area contributed by atoms with Gasteiger partial charge in [0.15, 0.2) is 9.84 Å². The highest BCUT2D eigenvalue weighted by Crippen LogP contribution is 2.30. The molecular weight excluding hydrogens is 298 g/mol. The molecule has 0 bridgehead atoms. The molecule has 118 valence electrons. The van der Waals surface area contributed by atoms with E-state index in [0.717, 1.165) is 22.9 Å². The van der Waals surface area contributed by atoms with Crippen molar-refractivity contribution < 1.29 is 13.5 Å². The largest absolute Gasteiger partial charge is 0.508 e. The summed E-state index contributed by atoms with van der Waals surface area (Å²) in [5.41, 5.74) is 0.879. The van der Waals surface area contributed by atoms with Gasteiger partial charge in [-0.2, -0.15) is 0 Å². The molecule has 2 aromatic rings. The summed E-state index contributed by atoms with van der Waals surface area (Å²) in [5.74, 6) is 0.778. The predicted octanol–water partition coefficient (Wildman–Crippen LogP) is 2.55. The van der Waals surface area contributed by atoms with E-state index in [9.17, 15) is 13.5 Å². The molecule has 1 aliphatic rings. The minimum atomic E-state index is -2.90. The lowest BCUT2D eigenvalue weighted by Gasteiger charge is -2.27. The van der Waals surface area contributed by atoms with Crippen LogP contribution in [0.1, 0.15) is 18.9 Å². The summed E-state index contributed by atoms with van der Waals surface area (Å²) in [6.07, 6.45) is 0.682. The van der Waals surface area contributed by atoms with E-state index in [2.05, 4.69) is 4.90 Å². The molecule has 4 nitrogen and oxygen atoms in total. The van der Waals surface area contributed by atoms with Crippen LogP contribution < -0.4 is 0 Å². The minimum Gasteiger partial charge on any atom is -0.508 e. The second kappa shape index (κ2) is 5.89. The fraction of sp³-hybridized carbons (Fsp3) is 0.412. The topological polar surface area (TPSA) is 57.6 Å². The maximum absolute atomic E-state index is 11.7. The van der Waals surface area contributed by atoms with E-state index in [1.54, 1.807) is 6.07 Å². The molecule has 0 saturated carbocycles. The van der Waals surface area contributed by atoms with Gasteiger partial charge in [0.2, 0.25) is 0 Å². The van der Waals surface area contributed by atoms with Crippen molar-refractivity contribution in [1.82, 2.24) is 4.90 Å². The van der Waals surface area contributed by atoms with Gasteiger partial charge in [-0.25, -0.2) is 8.42 Å². The second-order valence-corrected chi connectivity index (χ2v) is 8.13. The van der Waals surface area contributed by atoms with Gasteiger partial charge in [-0.05, 0) is 29.8 Å². The highest BCUT2D eigenvalue weighted by Gasteiger charge is 2.32. The Morgan fingerprint density at radius 1 is 1.23 bits per heavy atom. The highest BCUT2D eigenvalue weighted by molar-refractivity contribution is 7.91. The van der Waals surface area contributed by atoms with Gasteiger partial charge in [0.05, 0.1) is 11.5 Å². The van der Waals surface area contributed by atoms with Crippen molar-refractivity contribution in [3.8, 4) is 5.75 Å². The van der Waals surface area contributed by atoms with Gasteiger partial charge in [0, 0.05) is 18.2 Å². The molecular formula is C17H21NO3S. The van der Waals surface area contributed by atoms with Crippen LogP contribution in [0.15, 0.2) is 36.4 Å². The van der Waals surface area contributed by atoms with Gasteiger partial charge < -0.3 is 5.11 Å². The van der Waals surface area contributed by atoms with Gasteiger partial charge in [0.1, 0.15) is 5.75 Å². The Morgan fingerprint density at radius 2 is 2.00 bits per heavy atom. The number of phenolic OH excluding ortho intramolecular Hbond substituents is 1. The van der Waals surface area contributed by atoms with E-state index in [-0.39, 0.29) is 23.3 Å². The molecule has 2 aromatic carbocycles. The van der Waals surface area contributed by atoms with Crippen LogP contribution in [0.2, 0.25) is 0 Å². The van der Waals surface area contributed by atoms with Crippen LogP contribution in [-0.2, 0) is 16.4 Å². The summed E-state index contributed by atoms with van der Waals surface area (Å²) in [7, 11) is -2.90. The summed E-state index contributed by atoms with van der Waals surface area (Å²) in [6, 6.07) is 11.6.